The van der Waals surface area contributed by atoms with Crippen molar-refractivity contribution in [2.75, 3.05) is 13.2 Å². The number of hydrogen-bond acceptors (Lipinski definition) is 3. The minimum Gasteiger partial charge on any atom is -0.480 e. The van der Waals surface area contributed by atoms with Crippen LogP contribution in [-0.4, -0.2) is 35.9 Å². The van der Waals surface area contributed by atoms with E-state index in [4.69, 9.17) is 9.84 Å². The molecule has 1 aliphatic heterocycles. The normalized spacial score (nSPS) is 28.7. The van der Waals surface area contributed by atoms with Crippen molar-refractivity contribution in [3.8, 4) is 0 Å². The summed E-state index contributed by atoms with van der Waals surface area (Å²) >= 11 is 0. The maximum Gasteiger partial charge on any atom is 0.323 e. The second kappa shape index (κ2) is 4.49. The monoisotopic (exact) mass is 213 g/mol. The summed E-state index contributed by atoms with van der Waals surface area (Å²) in [6.07, 6.45) is 6.13. The van der Waals surface area contributed by atoms with Crippen molar-refractivity contribution in [1.82, 2.24) is 5.32 Å². The van der Waals surface area contributed by atoms with Gasteiger partial charge in [0.2, 0.25) is 0 Å². The number of carboxylic acids is 1. The number of hydrogen-bond donors (Lipinski definition) is 2. The summed E-state index contributed by atoms with van der Waals surface area (Å²) in [5.41, 5.74) is -0.612. The largest absolute Gasteiger partial charge is 0.480 e. The quantitative estimate of drug-likeness (QED) is 0.719. The Morgan fingerprint density at radius 1 is 1.47 bits per heavy atom. The first-order valence-corrected chi connectivity index (χ1v) is 5.83. The van der Waals surface area contributed by atoms with Gasteiger partial charge in [-0.3, -0.25) is 4.79 Å². The average molecular weight is 213 g/mol. The van der Waals surface area contributed by atoms with Gasteiger partial charge in [-0.1, -0.05) is 0 Å². The lowest BCUT2D eigenvalue weighted by Gasteiger charge is -2.38. The lowest BCUT2D eigenvalue weighted by atomic mass is 9.76. The lowest BCUT2D eigenvalue weighted by molar-refractivity contribution is -0.148. The van der Waals surface area contributed by atoms with Gasteiger partial charge in [0.25, 0.3) is 0 Å². The molecule has 15 heavy (non-hydrogen) atoms. The molecule has 0 bridgehead atoms. The smallest absolute Gasteiger partial charge is 0.323 e. The Bertz CT molecular complexity index is 232. The highest BCUT2D eigenvalue weighted by molar-refractivity contribution is 5.79. The zero-order valence-electron chi connectivity index (χ0n) is 9.00. The van der Waals surface area contributed by atoms with E-state index >= 15 is 0 Å². The van der Waals surface area contributed by atoms with Crippen molar-refractivity contribution >= 4 is 5.97 Å². The Morgan fingerprint density at radius 3 is 2.73 bits per heavy atom. The SMILES string of the molecule is O=C(O)C1(NCCC2CCCO2)CCC1. The minimum absolute atomic E-state index is 0.350. The molecular formula is C11H19NO3. The number of rotatable bonds is 5. The van der Waals surface area contributed by atoms with Crippen molar-refractivity contribution in [1.29, 1.82) is 0 Å². The van der Waals surface area contributed by atoms with Crippen LogP contribution in [0.15, 0.2) is 0 Å². The zero-order chi connectivity index (χ0) is 10.7. The highest BCUT2D eigenvalue weighted by Gasteiger charge is 2.43. The van der Waals surface area contributed by atoms with Crippen LogP contribution in [0.3, 0.4) is 0 Å². The molecule has 1 saturated heterocycles. The summed E-state index contributed by atoms with van der Waals surface area (Å²) < 4.78 is 5.49. The van der Waals surface area contributed by atoms with Crippen LogP contribution in [0.25, 0.3) is 0 Å². The minimum atomic E-state index is -0.693. The lowest BCUT2D eigenvalue weighted by Crippen LogP contribution is -2.57. The highest BCUT2D eigenvalue weighted by atomic mass is 16.5. The van der Waals surface area contributed by atoms with Gasteiger partial charge >= 0.3 is 5.97 Å². The Kier molecular flexibility index (Phi) is 3.26. The fraction of sp³-hybridized carbons (Fsp3) is 0.909. The molecule has 0 spiro atoms. The van der Waals surface area contributed by atoms with Crippen LogP contribution in [0.4, 0.5) is 0 Å². The molecule has 1 unspecified atom stereocenters. The van der Waals surface area contributed by atoms with Gasteiger partial charge in [0.1, 0.15) is 5.54 Å². The molecule has 4 heteroatoms. The number of carboxylic acid groups (broad SMARTS) is 1. The molecule has 0 aromatic carbocycles. The first kappa shape index (κ1) is 10.9. The molecule has 0 aromatic rings. The van der Waals surface area contributed by atoms with E-state index in [1.165, 1.54) is 0 Å². The Morgan fingerprint density at radius 2 is 2.27 bits per heavy atom. The molecule has 2 N–H and O–H groups in total. The molecule has 0 amide bonds. The molecule has 1 atom stereocenters. The number of aliphatic carboxylic acids is 1. The predicted molar refractivity (Wildman–Crippen MR) is 55.8 cm³/mol. The molecular weight excluding hydrogens is 194 g/mol. The Balaban J connectivity index is 1.69. The summed E-state index contributed by atoms with van der Waals surface area (Å²) in [7, 11) is 0. The summed E-state index contributed by atoms with van der Waals surface area (Å²) in [6, 6.07) is 0. The maximum absolute atomic E-state index is 11.0. The van der Waals surface area contributed by atoms with Crippen molar-refractivity contribution < 1.29 is 14.6 Å². The van der Waals surface area contributed by atoms with Crippen LogP contribution < -0.4 is 5.32 Å². The molecule has 0 aromatic heterocycles. The third kappa shape index (κ3) is 2.32. The van der Waals surface area contributed by atoms with Crippen molar-refractivity contribution in [2.45, 2.75) is 50.2 Å². The fourth-order valence-electron chi connectivity index (χ4n) is 2.34. The molecule has 2 aliphatic rings. The van der Waals surface area contributed by atoms with Gasteiger partial charge in [0.15, 0.2) is 0 Å². The van der Waals surface area contributed by atoms with Crippen molar-refractivity contribution in [2.24, 2.45) is 0 Å². The first-order chi connectivity index (χ1) is 7.23. The Labute approximate surface area is 90.0 Å². The van der Waals surface area contributed by atoms with Gasteiger partial charge < -0.3 is 15.2 Å². The number of nitrogens with one attached hydrogen (secondary N) is 1. The molecule has 2 rings (SSSR count). The molecule has 1 heterocycles. The van der Waals surface area contributed by atoms with E-state index in [2.05, 4.69) is 5.32 Å². The van der Waals surface area contributed by atoms with Gasteiger partial charge in [-0.2, -0.15) is 0 Å². The molecule has 1 aliphatic carbocycles. The summed E-state index contributed by atoms with van der Waals surface area (Å²) in [5, 5.41) is 12.3. The van der Waals surface area contributed by atoms with Crippen LogP contribution in [0.1, 0.15) is 38.5 Å². The standard InChI is InChI=1S/C11H19NO3/c13-10(14)11(5-2-6-11)12-7-4-9-3-1-8-15-9/h9,12H,1-8H2,(H,13,14). The van der Waals surface area contributed by atoms with E-state index in [9.17, 15) is 4.79 Å². The molecule has 86 valence electrons. The van der Waals surface area contributed by atoms with E-state index in [1.807, 2.05) is 0 Å². The third-order valence-electron chi connectivity index (χ3n) is 3.57. The van der Waals surface area contributed by atoms with Gasteiger partial charge in [-0.05, 0) is 45.1 Å². The van der Waals surface area contributed by atoms with Gasteiger partial charge in [-0.15, -0.1) is 0 Å². The Hall–Kier alpha value is -0.610. The first-order valence-electron chi connectivity index (χ1n) is 5.83. The highest BCUT2D eigenvalue weighted by Crippen LogP contribution is 2.32. The van der Waals surface area contributed by atoms with Crippen molar-refractivity contribution in [3.63, 3.8) is 0 Å². The van der Waals surface area contributed by atoms with Gasteiger partial charge in [0, 0.05) is 6.61 Å². The van der Waals surface area contributed by atoms with Crippen LogP contribution in [0.2, 0.25) is 0 Å². The number of ether oxygens (including phenoxy) is 1. The number of carbonyl (C=O) groups is 1. The topological polar surface area (TPSA) is 58.6 Å². The fourth-order valence-corrected chi connectivity index (χ4v) is 2.34. The third-order valence-corrected chi connectivity index (χ3v) is 3.57. The van der Waals surface area contributed by atoms with E-state index in [-0.39, 0.29) is 0 Å². The van der Waals surface area contributed by atoms with Gasteiger partial charge in [-0.25, -0.2) is 0 Å². The van der Waals surface area contributed by atoms with Crippen LogP contribution in [-0.2, 0) is 9.53 Å². The van der Waals surface area contributed by atoms with Crippen LogP contribution in [0.5, 0.6) is 0 Å². The van der Waals surface area contributed by atoms with Crippen LogP contribution >= 0.6 is 0 Å². The second-order valence-electron chi connectivity index (χ2n) is 4.59. The van der Waals surface area contributed by atoms with E-state index < -0.39 is 11.5 Å². The van der Waals surface area contributed by atoms with E-state index in [0.717, 1.165) is 51.7 Å². The van der Waals surface area contributed by atoms with Crippen LogP contribution in [0, 0.1) is 0 Å². The maximum atomic E-state index is 11.0. The summed E-state index contributed by atoms with van der Waals surface area (Å²) in [4.78, 5) is 11.0. The summed E-state index contributed by atoms with van der Waals surface area (Å²) in [6.45, 7) is 1.63. The second-order valence-corrected chi connectivity index (χ2v) is 4.59. The molecule has 1 saturated carbocycles. The van der Waals surface area contributed by atoms with E-state index in [1.54, 1.807) is 0 Å². The molecule has 4 nitrogen and oxygen atoms in total. The van der Waals surface area contributed by atoms with Gasteiger partial charge in [0.05, 0.1) is 6.10 Å². The predicted octanol–water partition coefficient (Wildman–Crippen LogP) is 1.15. The average Bonchev–Trinajstić information content (AvgIpc) is 2.61. The zero-order valence-corrected chi connectivity index (χ0v) is 9.00. The molecule has 2 fully saturated rings. The van der Waals surface area contributed by atoms with E-state index in [0.29, 0.717) is 6.10 Å². The van der Waals surface area contributed by atoms with Crippen molar-refractivity contribution in [3.05, 3.63) is 0 Å². The summed E-state index contributed by atoms with van der Waals surface area (Å²) in [5.74, 6) is -0.693. The molecule has 0 radical (unpaired) electrons.